The van der Waals surface area contributed by atoms with Crippen molar-refractivity contribution in [1.29, 1.82) is 0 Å². The molecule has 0 aliphatic rings. The third kappa shape index (κ3) is 7.27. The maximum atomic E-state index is 13.5. The zero-order valence-corrected chi connectivity index (χ0v) is 21.6. The zero-order valence-electron chi connectivity index (χ0n) is 20.8. The first-order valence-corrected chi connectivity index (χ1v) is 13.0. The summed E-state index contributed by atoms with van der Waals surface area (Å²) in [5.41, 5.74) is 1.87. The Hall–Kier alpha value is -2.94. The Labute approximate surface area is 208 Å². The lowest BCUT2D eigenvalue weighted by atomic mass is 9.87. The molecular formula is C27H34N2O5S. The second kappa shape index (κ2) is 11.7. The molecule has 0 aliphatic heterocycles. The molecule has 0 unspecified atom stereocenters. The van der Waals surface area contributed by atoms with Gasteiger partial charge < -0.3 is 14.1 Å². The van der Waals surface area contributed by atoms with E-state index in [-0.39, 0.29) is 42.5 Å². The fourth-order valence-corrected chi connectivity index (χ4v) is 5.00. The topological polar surface area (TPSA) is 80.1 Å². The molecular weight excluding hydrogens is 464 g/mol. The first kappa shape index (κ1) is 26.7. The van der Waals surface area contributed by atoms with Gasteiger partial charge in [0.05, 0.1) is 30.9 Å². The first-order valence-electron chi connectivity index (χ1n) is 11.5. The number of methoxy groups -OCH3 is 1. The number of hydrogen-bond donors (Lipinski definition) is 0. The minimum absolute atomic E-state index is 0.0610. The summed E-state index contributed by atoms with van der Waals surface area (Å²) in [7, 11) is -2.41. The highest BCUT2D eigenvalue weighted by atomic mass is 32.2. The molecule has 0 atom stereocenters. The van der Waals surface area contributed by atoms with Crippen LogP contribution in [0, 0.1) is 0 Å². The summed E-state index contributed by atoms with van der Waals surface area (Å²) >= 11 is 0. The summed E-state index contributed by atoms with van der Waals surface area (Å²) in [6, 6.07) is 20.0. The molecule has 0 saturated heterocycles. The summed E-state index contributed by atoms with van der Waals surface area (Å²) in [4.78, 5) is 15.2. The van der Waals surface area contributed by atoms with Crippen LogP contribution < -0.4 is 0 Å². The van der Waals surface area contributed by atoms with Gasteiger partial charge in [-0.3, -0.25) is 4.79 Å². The predicted molar refractivity (Wildman–Crippen MR) is 135 cm³/mol. The summed E-state index contributed by atoms with van der Waals surface area (Å²) in [5, 5.41) is 0. The smallest absolute Gasteiger partial charge is 0.243 e. The molecule has 0 N–H and O–H groups in total. The van der Waals surface area contributed by atoms with E-state index >= 15 is 0 Å². The average molecular weight is 499 g/mol. The molecule has 8 heteroatoms. The molecule has 2 aromatic carbocycles. The van der Waals surface area contributed by atoms with E-state index in [0.717, 1.165) is 11.1 Å². The van der Waals surface area contributed by atoms with Crippen molar-refractivity contribution in [3.8, 4) is 0 Å². The lowest BCUT2D eigenvalue weighted by Crippen LogP contribution is -2.43. The summed E-state index contributed by atoms with van der Waals surface area (Å²) in [5.74, 6) is 0.301. The monoisotopic (exact) mass is 498 g/mol. The van der Waals surface area contributed by atoms with Crippen molar-refractivity contribution in [1.82, 2.24) is 9.21 Å². The van der Waals surface area contributed by atoms with Gasteiger partial charge in [0.15, 0.2) is 0 Å². The molecule has 1 heterocycles. The normalized spacial score (nSPS) is 12.1. The van der Waals surface area contributed by atoms with Gasteiger partial charge in [-0.2, -0.15) is 4.31 Å². The van der Waals surface area contributed by atoms with Crippen molar-refractivity contribution in [2.45, 2.75) is 44.2 Å². The molecule has 0 fully saturated rings. The fraction of sp³-hybridized carbons (Fsp3) is 0.370. The van der Waals surface area contributed by atoms with Crippen LogP contribution in [0.25, 0.3) is 0 Å². The van der Waals surface area contributed by atoms with Gasteiger partial charge in [-0.25, -0.2) is 8.42 Å². The Morgan fingerprint density at radius 3 is 2.20 bits per heavy atom. The highest BCUT2D eigenvalue weighted by Gasteiger charge is 2.29. The first-order chi connectivity index (χ1) is 16.6. The van der Waals surface area contributed by atoms with Crippen LogP contribution >= 0.6 is 0 Å². The van der Waals surface area contributed by atoms with Crippen LogP contribution in [-0.2, 0) is 38.1 Å². The molecule has 0 radical (unpaired) electrons. The van der Waals surface area contributed by atoms with Crippen molar-refractivity contribution in [3.05, 3.63) is 89.9 Å². The van der Waals surface area contributed by atoms with Crippen molar-refractivity contribution < 1.29 is 22.4 Å². The quantitative estimate of drug-likeness (QED) is 0.390. The molecule has 35 heavy (non-hydrogen) atoms. The molecule has 0 saturated carbocycles. The van der Waals surface area contributed by atoms with Gasteiger partial charge in [0.2, 0.25) is 15.9 Å². The minimum atomic E-state index is -3.92. The largest absolute Gasteiger partial charge is 0.467 e. The van der Waals surface area contributed by atoms with Crippen LogP contribution in [0.15, 0.2) is 82.3 Å². The molecule has 3 rings (SSSR count). The van der Waals surface area contributed by atoms with Crippen molar-refractivity contribution in [2.75, 3.05) is 26.8 Å². The Morgan fingerprint density at radius 1 is 0.943 bits per heavy atom. The van der Waals surface area contributed by atoms with Crippen molar-refractivity contribution in [3.63, 3.8) is 0 Å². The SMILES string of the molecule is COCCN(CC(=O)N(Cc1ccccc1)Cc1ccco1)S(=O)(=O)c1ccc(C(C)(C)C)cc1. The molecule has 0 aliphatic carbocycles. The zero-order chi connectivity index (χ0) is 25.5. The van der Waals surface area contributed by atoms with Gasteiger partial charge in [-0.15, -0.1) is 0 Å². The number of sulfonamides is 1. The highest BCUT2D eigenvalue weighted by molar-refractivity contribution is 7.89. The number of carbonyl (C=O) groups excluding carboxylic acids is 1. The van der Waals surface area contributed by atoms with E-state index in [1.807, 2.05) is 42.5 Å². The van der Waals surface area contributed by atoms with E-state index in [0.29, 0.717) is 12.3 Å². The lowest BCUT2D eigenvalue weighted by molar-refractivity contribution is -0.133. The second-order valence-corrected chi connectivity index (χ2v) is 11.4. The van der Waals surface area contributed by atoms with E-state index in [1.165, 1.54) is 11.4 Å². The number of carbonyl (C=O) groups is 1. The average Bonchev–Trinajstić information content (AvgIpc) is 3.34. The molecule has 7 nitrogen and oxygen atoms in total. The van der Waals surface area contributed by atoms with E-state index in [4.69, 9.17) is 9.15 Å². The van der Waals surface area contributed by atoms with E-state index < -0.39 is 10.0 Å². The van der Waals surface area contributed by atoms with E-state index in [9.17, 15) is 13.2 Å². The molecule has 188 valence electrons. The van der Waals surface area contributed by atoms with Gasteiger partial charge in [-0.1, -0.05) is 63.2 Å². The maximum absolute atomic E-state index is 13.5. The number of benzene rings is 2. The molecule has 0 spiro atoms. The fourth-order valence-electron chi connectivity index (χ4n) is 3.63. The van der Waals surface area contributed by atoms with Crippen LogP contribution in [0.5, 0.6) is 0 Å². The number of furan rings is 1. The third-order valence-corrected chi connectivity index (χ3v) is 7.57. The van der Waals surface area contributed by atoms with Gasteiger partial charge in [0.25, 0.3) is 0 Å². The third-order valence-electron chi connectivity index (χ3n) is 5.71. The standard InChI is InChI=1S/C27H34N2O5S/c1-27(2,3)23-12-14-25(15-13-23)35(31,32)29(16-18-33-4)21-26(30)28(20-24-11-8-17-34-24)19-22-9-6-5-7-10-22/h5-15,17H,16,18-21H2,1-4H3. The Balaban J connectivity index is 1.85. The second-order valence-electron chi connectivity index (χ2n) is 9.42. The van der Waals surface area contributed by atoms with Crippen LogP contribution in [0.4, 0.5) is 0 Å². The van der Waals surface area contributed by atoms with Gasteiger partial charge in [0, 0.05) is 20.2 Å². The Kier molecular flexibility index (Phi) is 8.88. The minimum Gasteiger partial charge on any atom is -0.467 e. The number of nitrogens with zero attached hydrogens (tertiary/aromatic N) is 2. The highest BCUT2D eigenvalue weighted by Crippen LogP contribution is 2.25. The lowest BCUT2D eigenvalue weighted by Gasteiger charge is -2.27. The Bertz CT molecular complexity index is 1170. The number of amides is 1. The van der Waals surface area contributed by atoms with E-state index in [1.54, 1.807) is 35.4 Å². The molecule has 1 amide bonds. The summed E-state index contributed by atoms with van der Waals surface area (Å²) in [6.45, 7) is 6.70. The maximum Gasteiger partial charge on any atom is 0.243 e. The molecule has 3 aromatic rings. The number of hydrogen-bond acceptors (Lipinski definition) is 5. The van der Waals surface area contributed by atoms with Gasteiger partial charge in [-0.05, 0) is 40.8 Å². The molecule has 1 aromatic heterocycles. The number of rotatable bonds is 11. The van der Waals surface area contributed by atoms with Crippen molar-refractivity contribution in [2.24, 2.45) is 0 Å². The predicted octanol–water partition coefficient (Wildman–Crippen LogP) is 4.44. The van der Waals surface area contributed by atoms with E-state index in [2.05, 4.69) is 20.8 Å². The number of ether oxygens (including phenoxy) is 1. The van der Waals surface area contributed by atoms with Crippen LogP contribution in [0.2, 0.25) is 0 Å². The summed E-state index contributed by atoms with van der Waals surface area (Å²) in [6.07, 6.45) is 1.55. The van der Waals surface area contributed by atoms with Crippen LogP contribution in [0.1, 0.15) is 37.7 Å². The van der Waals surface area contributed by atoms with Crippen LogP contribution in [-0.4, -0.2) is 50.3 Å². The van der Waals surface area contributed by atoms with Gasteiger partial charge >= 0.3 is 0 Å². The van der Waals surface area contributed by atoms with Crippen LogP contribution in [0.3, 0.4) is 0 Å². The van der Waals surface area contributed by atoms with Gasteiger partial charge in [0.1, 0.15) is 5.76 Å². The Morgan fingerprint density at radius 2 is 1.63 bits per heavy atom. The molecule has 0 bridgehead atoms. The van der Waals surface area contributed by atoms with Crippen molar-refractivity contribution >= 4 is 15.9 Å². The summed E-state index contributed by atoms with van der Waals surface area (Å²) < 4.78 is 38.8.